The van der Waals surface area contributed by atoms with E-state index in [0.717, 1.165) is 5.56 Å². The van der Waals surface area contributed by atoms with Gasteiger partial charge in [0, 0.05) is 0 Å². The molecule has 2 rings (SSSR count). The molecule has 90 valence electrons. The van der Waals surface area contributed by atoms with Crippen molar-refractivity contribution in [2.45, 2.75) is 32.0 Å². The first-order chi connectivity index (χ1) is 8.16. The van der Waals surface area contributed by atoms with Gasteiger partial charge in [0.05, 0.1) is 0 Å². The second-order valence-corrected chi connectivity index (χ2v) is 4.03. The van der Waals surface area contributed by atoms with Crippen molar-refractivity contribution in [3.8, 4) is 0 Å². The van der Waals surface area contributed by atoms with E-state index in [9.17, 15) is 9.59 Å². The average molecular weight is 234 g/mol. The van der Waals surface area contributed by atoms with Gasteiger partial charge in [0.25, 0.3) is 0 Å². The summed E-state index contributed by atoms with van der Waals surface area (Å²) in [6.45, 7) is 1.51. The van der Waals surface area contributed by atoms with Crippen molar-refractivity contribution in [1.29, 1.82) is 0 Å². The Kier molecular flexibility index (Phi) is 3.42. The fraction of sp³-hybridized carbons (Fsp3) is 0.385. The number of carbonyl (C=O) groups excluding carboxylic acids is 2. The maximum absolute atomic E-state index is 11.5. The lowest BCUT2D eigenvalue weighted by Crippen LogP contribution is -2.42. The number of carbonyl (C=O) groups is 2. The smallest absolute Gasteiger partial charge is 0.348 e. The SMILES string of the molecule is CC1OC(=O)C(CCc2ccccc2)OC1=O. The van der Waals surface area contributed by atoms with Gasteiger partial charge in [-0.1, -0.05) is 30.3 Å². The topological polar surface area (TPSA) is 52.6 Å². The summed E-state index contributed by atoms with van der Waals surface area (Å²) in [6.07, 6.45) is -0.404. The van der Waals surface area contributed by atoms with Crippen LogP contribution in [0.3, 0.4) is 0 Å². The van der Waals surface area contributed by atoms with E-state index in [-0.39, 0.29) is 0 Å². The molecular formula is C13H14O4. The summed E-state index contributed by atoms with van der Waals surface area (Å²) in [5, 5.41) is 0. The Labute approximate surface area is 99.5 Å². The first kappa shape index (κ1) is 11.6. The van der Waals surface area contributed by atoms with E-state index in [0.29, 0.717) is 12.8 Å². The van der Waals surface area contributed by atoms with Crippen LogP contribution in [0, 0.1) is 0 Å². The van der Waals surface area contributed by atoms with Crippen LogP contribution in [0.1, 0.15) is 18.9 Å². The Balaban J connectivity index is 1.91. The molecule has 4 heteroatoms. The van der Waals surface area contributed by atoms with Crippen LogP contribution in [0.2, 0.25) is 0 Å². The molecule has 4 nitrogen and oxygen atoms in total. The van der Waals surface area contributed by atoms with Gasteiger partial charge >= 0.3 is 11.9 Å². The average Bonchev–Trinajstić information content (AvgIpc) is 2.33. The minimum absolute atomic E-state index is 0.451. The van der Waals surface area contributed by atoms with Crippen LogP contribution in [-0.2, 0) is 25.5 Å². The van der Waals surface area contributed by atoms with Gasteiger partial charge in [-0.15, -0.1) is 0 Å². The van der Waals surface area contributed by atoms with Gasteiger partial charge in [0.15, 0.2) is 12.2 Å². The molecule has 0 saturated carbocycles. The molecule has 2 atom stereocenters. The molecule has 1 aromatic carbocycles. The quantitative estimate of drug-likeness (QED) is 0.743. The van der Waals surface area contributed by atoms with Crippen molar-refractivity contribution in [2.75, 3.05) is 0 Å². The molecule has 1 heterocycles. The van der Waals surface area contributed by atoms with Crippen molar-refractivity contribution in [2.24, 2.45) is 0 Å². The second kappa shape index (κ2) is 4.99. The highest BCUT2D eigenvalue weighted by molar-refractivity contribution is 5.87. The van der Waals surface area contributed by atoms with E-state index in [4.69, 9.17) is 9.47 Å². The number of esters is 2. The molecule has 0 spiro atoms. The Morgan fingerprint density at radius 3 is 2.47 bits per heavy atom. The highest BCUT2D eigenvalue weighted by Gasteiger charge is 2.35. The summed E-state index contributed by atoms with van der Waals surface area (Å²) >= 11 is 0. The maximum atomic E-state index is 11.5. The van der Waals surface area contributed by atoms with E-state index >= 15 is 0 Å². The summed E-state index contributed by atoms with van der Waals surface area (Å²) in [5.41, 5.74) is 1.11. The molecule has 1 aromatic rings. The summed E-state index contributed by atoms with van der Waals surface area (Å²) in [5.74, 6) is -0.921. The van der Waals surface area contributed by atoms with Crippen molar-refractivity contribution < 1.29 is 19.1 Å². The van der Waals surface area contributed by atoms with Gasteiger partial charge in [-0.3, -0.25) is 0 Å². The van der Waals surface area contributed by atoms with Crippen LogP contribution in [0.4, 0.5) is 0 Å². The summed E-state index contributed by atoms with van der Waals surface area (Å²) in [4.78, 5) is 22.7. The summed E-state index contributed by atoms with van der Waals surface area (Å²) in [6, 6.07) is 9.74. The lowest BCUT2D eigenvalue weighted by molar-refractivity contribution is -0.193. The van der Waals surface area contributed by atoms with Crippen molar-refractivity contribution >= 4 is 11.9 Å². The van der Waals surface area contributed by atoms with E-state index < -0.39 is 24.1 Å². The molecule has 1 aliphatic rings. The third-order valence-corrected chi connectivity index (χ3v) is 2.68. The molecule has 17 heavy (non-hydrogen) atoms. The summed E-state index contributed by atoms with van der Waals surface area (Å²) < 4.78 is 9.91. The maximum Gasteiger partial charge on any atom is 0.348 e. The lowest BCUT2D eigenvalue weighted by Gasteiger charge is -2.25. The number of aryl methyl sites for hydroxylation is 1. The van der Waals surface area contributed by atoms with E-state index in [1.165, 1.54) is 6.92 Å². The van der Waals surface area contributed by atoms with Crippen LogP contribution >= 0.6 is 0 Å². The second-order valence-electron chi connectivity index (χ2n) is 4.03. The van der Waals surface area contributed by atoms with Crippen LogP contribution < -0.4 is 0 Å². The summed E-state index contributed by atoms with van der Waals surface area (Å²) in [7, 11) is 0. The molecule has 0 radical (unpaired) electrons. The minimum atomic E-state index is -0.782. The predicted octanol–water partition coefficient (Wildman–Crippen LogP) is 1.48. The Morgan fingerprint density at radius 1 is 1.06 bits per heavy atom. The van der Waals surface area contributed by atoms with Crippen LogP contribution in [-0.4, -0.2) is 24.1 Å². The Bertz CT molecular complexity index is 413. The normalized spacial score (nSPS) is 24.1. The minimum Gasteiger partial charge on any atom is -0.448 e. The Morgan fingerprint density at radius 2 is 1.76 bits per heavy atom. The van der Waals surface area contributed by atoms with Crippen molar-refractivity contribution in [1.82, 2.24) is 0 Å². The highest BCUT2D eigenvalue weighted by atomic mass is 16.6. The van der Waals surface area contributed by atoms with E-state index in [2.05, 4.69) is 0 Å². The van der Waals surface area contributed by atoms with Crippen molar-refractivity contribution in [3.05, 3.63) is 35.9 Å². The number of rotatable bonds is 3. The highest BCUT2D eigenvalue weighted by Crippen LogP contribution is 2.15. The molecule has 0 amide bonds. The number of cyclic esters (lactones) is 2. The fourth-order valence-electron chi connectivity index (χ4n) is 1.70. The third-order valence-electron chi connectivity index (χ3n) is 2.68. The molecule has 1 fully saturated rings. The number of benzene rings is 1. The molecule has 1 aliphatic heterocycles. The molecule has 1 saturated heterocycles. The van der Waals surface area contributed by atoms with Crippen LogP contribution in [0.5, 0.6) is 0 Å². The zero-order valence-corrected chi connectivity index (χ0v) is 9.59. The number of ether oxygens (including phenoxy) is 2. The fourth-order valence-corrected chi connectivity index (χ4v) is 1.70. The van der Waals surface area contributed by atoms with Gasteiger partial charge in [-0.2, -0.15) is 0 Å². The van der Waals surface area contributed by atoms with Gasteiger partial charge < -0.3 is 9.47 Å². The number of hydrogen-bond donors (Lipinski definition) is 0. The first-order valence-electron chi connectivity index (χ1n) is 5.62. The van der Waals surface area contributed by atoms with Crippen LogP contribution in [0.15, 0.2) is 30.3 Å². The zero-order chi connectivity index (χ0) is 12.3. The van der Waals surface area contributed by atoms with Gasteiger partial charge in [0.2, 0.25) is 0 Å². The molecule has 0 bridgehead atoms. The van der Waals surface area contributed by atoms with Crippen LogP contribution in [0.25, 0.3) is 0 Å². The third kappa shape index (κ3) is 2.84. The molecular weight excluding hydrogens is 220 g/mol. The lowest BCUT2D eigenvalue weighted by atomic mass is 10.1. The zero-order valence-electron chi connectivity index (χ0n) is 9.59. The Hall–Kier alpha value is -1.84. The molecule has 0 aromatic heterocycles. The van der Waals surface area contributed by atoms with E-state index in [1.54, 1.807) is 0 Å². The largest absolute Gasteiger partial charge is 0.448 e. The first-order valence-corrected chi connectivity index (χ1v) is 5.62. The number of hydrogen-bond acceptors (Lipinski definition) is 4. The van der Waals surface area contributed by atoms with Gasteiger partial charge in [-0.25, -0.2) is 9.59 Å². The van der Waals surface area contributed by atoms with Gasteiger partial charge in [0.1, 0.15) is 0 Å². The standard InChI is InChI=1S/C13H14O4/c1-9-12(14)17-11(13(15)16-9)8-7-10-5-3-2-4-6-10/h2-6,9,11H,7-8H2,1H3. The van der Waals surface area contributed by atoms with Gasteiger partial charge in [-0.05, 0) is 25.3 Å². The predicted molar refractivity (Wildman–Crippen MR) is 60.2 cm³/mol. The van der Waals surface area contributed by atoms with Crippen molar-refractivity contribution in [3.63, 3.8) is 0 Å². The molecule has 0 N–H and O–H groups in total. The monoisotopic (exact) mass is 234 g/mol. The molecule has 2 unspecified atom stereocenters. The van der Waals surface area contributed by atoms with E-state index in [1.807, 2.05) is 30.3 Å². The molecule has 0 aliphatic carbocycles.